The summed E-state index contributed by atoms with van der Waals surface area (Å²) in [7, 11) is 1.33. The van der Waals surface area contributed by atoms with Crippen LogP contribution in [0.2, 0.25) is 11.1 Å². The Bertz CT molecular complexity index is 316. The number of rotatable bonds is 13. The molecule has 0 fully saturated rings. The molecule has 5 heteroatoms. The number of halogens is 3. The number of hydrogen-bond donors (Lipinski definition) is 0. The van der Waals surface area contributed by atoms with Crippen molar-refractivity contribution in [1.82, 2.24) is 0 Å². The molecule has 0 heterocycles. The van der Waals surface area contributed by atoms with Crippen molar-refractivity contribution in [3.8, 4) is 0 Å². The average molecular weight is 432 g/mol. The topological polar surface area (TPSA) is 0 Å². The highest BCUT2D eigenvalue weighted by molar-refractivity contribution is 7.65. The minimum Gasteiger partial charge on any atom is -0.126 e. The molecule has 5 atom stereocenters. The smallest absolute Gasteiger partial charge is 0.126 e. The first-order chi connectivity index (χ1) is 11.1. The van der Waals surface area contributed by atoms with Crippen molar-refractivity contribution in [3.63, 3.8) is 0 Å². The molecule has 0 amide bonds. The highest BCUT2D eigenvalue weighted by Crippen LogP contribution is 2.47. The highest BCUT2D eigenvalue weighted by Gasteiger charge is 2.42. The summed E-state index contributed by atoms with van der Waals surface area (Å²) >= 11 is 19.3. The standard InChI is InChI=1S/C19H41Cl3Si2/c1-7-14(5)19(24(20,21)22)15(6)12-11-13-17(10-4)18(23)16(8-2)9-3/h14-19H,7-13H2,1-6,23H3. The van der Waals surface area contributed by atoms with Crippen LogP contribution in [0.3, 0.4) is 0 Å². The highest BCUT2D eigenvalue weighted by atomic mass is 35.8. The Morgan fingerprint density at radius 1 is 0.750 bits per heavy atom. The van der Waals surface area contributed by atoms with E-state index in [-0.39, 0.29) is 0 Å². The third-order valence-electron chi connectivity index (χ3n) is 6.54. The fourth-order valence-corrected chi connectivity index (χ4v) is 11.9. The molecule has 0 saturated heterocycles. The van der Waals surface area contributed by atoms with E-state index in [1.54, 1.807) is 0 Å². The molecule has 0 aromatic carbocycles. The molecule has 0 rings (SSSR count). The summed E-state index contributed by atoms with van der Waals surface area (Å²) in [5, 5.41) is 0. The second-order valence-corrected chi connectivity index (χ2v) is 18.2. The summed E-state index contributed by atoms with van der Waals surface area (Å²) in [5.74, 6) is 2.87. The summed E-state index contributed by atoms with van der Waals surface area (Å²) in [5.41, 5.74) is 1.26. The largest absolute Gasteiger partial charge is 0.344 e. The van der Waals surface area contributed by atoms with E-state index in [4.69, 9.17) is 33.2 Å². The fourth-order valence-electron chi connectivity index (χ4n) is 4.60. The zero-order valence-electron chi connectivity index (χ0n) is 17.0. The molecule has 5 unspecified atom stereocenters. The van der Waals surface area contributed by atoms with E-state index in [0.29, 0.717) is 17.4 Å². The molecule has 0 aromatic heterocycles. The van der Waals surface area contributed by atoms with Gasteiger partial charge >= 0.3 is 6.00 Å². The van der Waals surface area contributed by atoms with E-state index in [9.17, 15) is 0 Å². The second kappa shape index (κ2) is 12.6. The first kappa shape index (κ1) is 25.3. The van der Waals surface area contributed by atoms with Gasteiger partial charge in [0.15, 0.2) is 0 Å². The van der Waals surface area contributed by atoms with Crippen molar-refractivity contribution >= 4 is 49.5 Å². The van der Waals surface area contributed by atoms with Gasteiger partial charge in [-0.2, -0.15) is 0 Å². The van der Waals surface area contributed by atoms with Gasteiger partial charge in [0.1, 0.15) is 0 Å². The summed E-state index contributed by atoms with van der Waals surface area (Å²) in [4.78, 5) is 0. The summed E-state index contributed by atoms with van der Waals surface area (Å²) in [6, 6.07) is -2.65. The molecule has 0 aromatic rings. The Hall–Kier alpha value is 1.30. The SMILES string of the molecule is CCC(C)C(C(C)CCCC(CC)C([SiH3])C(CC)CC)[Si](Cl)(Cl)Cl. The van der Waals surface area contributed by atoms with E-state index in [1.807, 2.05) is 0 Å². The Kier molecular flexibility index (Phi) is 13.3. The van der Waals surface area contributed by atoms with Crippen molar-refractivity contribution in [1.29, 1.82) is 0 Å². The van der Waals surface area contributed by atoms with Crippen LogP contribution < -0.4 is 0 Å². The molecule has 0 aliphatic heterocycles. The van der Waals surface area contributed by atoms with Gasteiger partial charge in [0.05, 0.1) is 0 Å². The van der Waals surface area contributed by atoms with E-state index in [0.717, 1.165) is 23.8 Å². The van der Waals surface area contributed by atoms with Crippen LogP contribution in [0.1, 0.15) is 86.5 Å². The van der Waals surface area contributed by atoms with Gasteiger partial charge in [-0.3, -0.25) is 0 Å². The zero-order chi connectivity index (χ0) is 18.9. The summed E-state index contributed by atoms with van der Waals surface area (Å²) < 4.78 is 0. The maximum absolute atomic E-state index is 6.44. The maximum Gasteiger partial charge on any atom is 0.344 e. The van der Waals surface area contributed by atoms with Gasteiger partial charge in [-0.15, -0.1) is 33.2 Å². The average Bonchev–Trinajstić information content (AvgIpc) is 2.51. The predicted molar refractivity (Wildman–Crippen MR) is 121 cm³/mol. The van der Waals surface area contributed by atoms with Crippen LogP contribution in [0.4, 0.5) is 0 Å². The van der Waals surface area contributed by atoms with Gasteiger partial charge in [-0.05, 0) is 34.8 Å². The third-order valence-corrected chi connectivity index (χ3v) is 12.6. The Morgan fingerprint density at radius 3 is 1.62 bits per heavy atom. The van der Waals surface area contributed by atoms with Gasteiger partial charge < -0.3 is 0 Å². The van der Waals surface area contributed by atoms with Crippen LogP contribution in [-0.4, -0.2) is 16.2 Å². The Labute approximate surface area is 170 Å². The lowest BCUT2D eigenvalue weighted by Crippen LogP contribution is -2.31. The van der Waals surface area contributed by atoms with Crippen molar-refractivity contribution in [2.75, 3.05) is 0 Å². The van der Waals surface area contributed by atoms with Gasteiger partial charge in [0, 0.05) is 10.2 Å². The zero-order valence-corrected chi connectivity index (χ0v) is 22.3. The van der Waals surface area contributed by atoms with Crippen LogP contribution in [0.5, 0.6) is 0 Å². The normalized spacial score (nSPS) is 19.2. The van der Waals surface area contributed by atoms with Crippen molar-refractivity contribution in [2.24, 2.45) is 23.7 Å². The third kappa shape index (κ3) is 8.33. The van der Waals surface area contributed by atoms with E-state index < -0.39 is 6.00 Å². The minimum absolute atomic E-state index is 0.290. The molecule has 0 saturated carbocycles. The minimum atomic E-state index is -2.65. The van der Waals surface area contributed by atoms with Crippen LogP contribution in [0.25, 0.3) is 0 Å². The second-order valence-electron chi connectivity index (χ2n) is 7.97. The quantitative estimate of drug-likeness (QED) is 0.209. The molecule has 0 bridgehead atoms. The van der Waals surface area contributed by atoms with E-state index >= 15 is 0 Å². The first-order valence-corrected chi connectivity index (χ1v) is 16.5. The van der Waals surface area contributed by atoms with E-state index in [1.165, 1.54) is 48.8 Å². The molecular formula is C19H41Cl3Si2. The van der Waals surface area contributed by atoms with Gasteiger partial charge in [0.25, 0.3) is 0 Å². The lowest BCUT2D eigenvalue weighted by molar-refractivity contribution is 0.306. The lowest BCUT2D eigenvalue weighted by Gasteiger charge is -2.34. The fraction of sp³-hybridized carbons (Fsp3) is 1.00. The van der Waals surface area contributed by atoms with Crippen LogP contribution in [0.15, 0.2) is 0 Å². The lowest BCUT2D eigenvalue weighted by atomic mass is 9.83. The van der Waals surface area contributed by atoms with Crippen LogP contribution >= 0.6 is 33.2 Å². The van der Waals surface area contributed by atoms with Gasteiger partial charge in [-0.25, -0.2) is 0 Å². The summed E-state index contributed by atoms with van der Waals surface area (Å²) in [6.45, 7) is 13.9. The van der Waals surface area contributed by atoms with Crippen LogP contribution in [0, 0.1) is 23.7 Å². The maximum atomic E-state index is 6.44. The molecule has 24 heavy (non-hydrogen) atoms. The van der Waals surface area contributed by atoms with Crippen molar-refractivity contribution < 1.29 is 0 Å². The molecule has 0 aliphatic rings. The summed E-state index contributed by atoms with van der Waals surface area (Å²) in [6.07, 6.45) is 8.97. The van der Waals surface area contributed by atoms with Crippen LogP contribution in [-0.2, 0) is 0 Å². The molecule has 0 spiro atoms. The molecule has 146 valence electrons. The molecule has 0 N–H and O–H groups in total. The number of hydrogen-bond acceptors (Lipinski definition) is 0. The molecular weight excluding hydrogens is 391 g/mol. The molecule has 0 radical (unpaired) electrons. The van der Waals surface area contributed by atoms with E-state index in [2.05, 4.69) is 41.5 Å². The Morgan fingerprint density at radius 2 is 1.25 bits per heavy atom. The monoisotopic (exact) mass is 430 g/mol. The van der Waals surface area contributed by atoms with Gasteiger partial charge in [-0.1, -0.05) is 86.5 Å². The Balaban J connectivity index is 4.64. The van der Waals surface area contributed by atoms with Gasteiger partial charge in [0.2, 0.25) is 0 Å². The predicted octanol–water partition coefficient (Wildman–Crippen LogP) is 7.48. The first-order valence-electron chi connectivity index (χ1n) is 10.2. The molecule has 0 aliphatic carbocycles. The molecule has 0 nitrogen and oxygen atoms in total. The van der Waals surface area contributed by atoms with Crippen molar-refractivity contribution in [2.45, 2.75) is 97.6 Å². The van der Waals surface area contributed by atoms with Crippen molar-refractivity contribution in [3.05, 3.63) is 0 Å².